The van der Waals surface area contributed by atoms with Gasteiger partial charge < -0.3 is 15.3 Å². The minimum absolute atomic E-state index is 0.0237. The third-order valence-corrected chi connectivity index (χ3v) is 5.10. The van der Waals surface area contributed by atoms with Crippen molar-refractivity contribution in [1.29, 1.82) is 0 Å². The van der Waals surface area contributed by atoms with Gasteiger partial charge in [0.1, 0.15) is 0 Å². The number of urea groups is 1. The molecule has 1 saturated carbocycles. The normalized spacial score (nSPS) is 18.0. The molecular formula is C18H23N5O2. The van der Waals surface area contributed by atoms with Crippen molar-refractivity contribution in [2.45, 2.75) is 51.1 Å². The molecule has 1 fully saturated rings. The predicted octanol–water partition coefficient (Wildman–Crippen LogP) is 2.37. The van der Waals surface area contributed by atoms with Crippen molar-refractivity contribution in [3.05, 3.63) is 35.7 Å². The lowest BCUT2D eigenvalue weighted by molar-refractivity contribution is 0.183. The molecule has 2 aromatic heterocycles. The molecule has 3 heterocycles. The Hall–Kier alpha value is -2.57. The number of carbonyl (C=O) groups excluding carboxylic acids is 1. The van der Waals surface area contributed by atoms with E-state index >= 15 is 0 Å². The first-order chi connectivity index (χ1) is 12.2. The fourth-order valence-electron chi connectivity index (χ4n) is 3.70. The quantitative estimate of drug-likeness (QED) is 0.878. The van der Waals surface area contributed by atoms with E-state index in [0.29, 0.717) is 31.4 Å². The molecule has 1 aliphatic heterocycles. The van der Waals surface area contributed by atoms with Crippen LogP contribution in [0.1, 0.15) is 43.4 Å². The van der Waals surface area contributed by atoms with E-state index in [1.165, 1.54) is 23.9 Å². The zero-order valence-corrected chi connectivity index (χ0v) is 14.2. The highest BCUT2D eigenvalue weighted by atomic mass is 16.3. The number of fused-ring (bicyclic) bond motifs is 1. The number of rotatable bonds is 2. The molecule has 7 heteroatoms. The molecular weight excluding hydrogens is 318 g/mol. The van der Waals surface area contributed by atoms with Gasteiger partial charge in [0.15, 0.2) is 5.82 Å². The first-order valence-electron chi connectivity index (χ1n) is 8.99. The van der Waals surface area contributed by atoms with Gasteiger partial charge in [-0.05, 0) is 31.4 Å². The maximum Gasteiger partial charge on any atom is 0.317 e. The topological polar surface area (TPSA) is 83.3 Å². The molecule has 0 bridgehead atoms. The Bertz CT molecular complexity index is 752. The largest absolute Gasteiger partial charge is 0.493 e. The Morgan fingerprint density at radius 2 is 2.08 bits per heavy atom. The minimum Gasteiger partial charge on any atom is -0.493 e. The van der Waals surface area contributed by atoms with E-state index in [1.54, 1.807) is 17.2 Å². The number of hydrogen-bond donors (Lipinski definition) is 2. The van der Waals surface area contributed by atoms with Gasteiger partial charge in [-0.1, -0.05) is 25.3 Å². The Morgan fingerprint density at radius 3 is 2.84 bits per heavy atom. The maximum atomic E-state index is 12.5. The number of carbonyl (C=O) groups is 1. The van der Waals surface area contributed by atoms with Crippen LogP contribution in [-0.2, 0) is 13.0 Å². The molecule has 0 radical (unpaired) electrons. The highest BCUT2D eigenvalue weighted by molar-refractivity contribution is 5.75. The second-order valence-corrected chi connectivity index (χ2v) is 6.80. The van der Waals surface area contributed by atoms with E-state index in [1.807, 2.05) is 12.1 Å². The SMILES string of the molecule is O=C(NC1CCCCC1)N1CCc2c(nn(-c3ccccn3)c2O)C1. The standard InChI is InChI=1S/C18H23N5O2/c24-17-14-9-11-22(18(25)20-13-6-2-1-3-7-13)12-15(14)21-23(17)16-8-4-5-10-19-16/h4-5,8,10,13,24H,1-3,6-7,9,11-12H2,(H,20,25). The van der Waals surface area contributed by atoms with Crippen LogP contribution < -0.4 is 5.32 Å². The van der Waals surface area contributed by atoms with Crippen molar-refractivity contribution in [1.82, 2.24) is 25.0 Å². The van der Waals surface area contributed by atoms with Crippen LogP contribution in [0.15, 0.2) is 24.4 Å². The zero-order valence-electron chi connectivity index (χ0n) is 14.2. The molecule has 2 aliphatic rings. The molecule has 2 N–H and O–H groups in total. The van der Waals surface area contributed by atoms with Gasteiger partial charge in [-0.15, -0.1) is 0 Å². The Labute approximate surface area is 146 Å². The Balaban J connectivity index is 1.48. The monoisotopic (exact) mass is 341 g/mol. The molecule has 0 saturated heterocycles. The van der Waals surface area contributed by atoms with Crippen LogP contribution in [0.3, 0.4) is 0 Å². The first kappa shape index (κ1) is 15.9. The van der Waals surface area contributed by atoms with Crippen molar-refractivity contribution >= 4 is 6.03 Å². The summed E-state index contributed by atoms with van der Waals surface area (Å²) < 4.78 is 1.45. The van der Waals surface area contributed by atoms with Gasteiger partial charge >= 0.3 is 6.03 Å². The van der Waals surface area contributed by atoms with Gasteiger partial charge in [-0.3, -0.25) is 0 Å². The van der Waals surface area contributed by atoms with Crippen LogP contribution >= 0.6 is 0 Å². The minimum atomic E-state index is -0.0237. The summed E-state index contributed by atoms with van der Waals surface area (Å²) in [5, 5.41) is 18.1. The summed E-state index contributed by atoms with van der Waals surface area (Å²) in [6.45, 7) is 1.01. The van der Waals surface area contributed by atoms with Crippen molar-refractivity contribution < 1.29 is 9.90 Å². The lowest BCUT2D eigenvalue weighted by atomic mass is 9.96. The van der Waals surface area contributed by atoms with Crippen molar-refractivity contribution in [2.75, 3.05) is 6.54 Å². The Morgan fingerprint density at radius 1 is 1.24 bits per heavy atom. The van der Waals surface area contributed by atoms with E-state index in [2.05, 4.69) is 15.4 Å². The van der Waals surface area contributed by atoms with Crippen LogP contribution in [0.4, 0.5) is 4.79 Å². The molecule has 7 nitrogen and oxygen atoms in total. The highest BCUT2D eigenvalue weighted by Gasteiger charge is 2.28. The Kier molecular flexibility index (Phi) is 4.29. The molecule has 1 aliphatic carbocycles. The van der Waals surface area contributed by atoms with E-state index in [0.717, 1.165) is 24.1 Å². The van der Waals surface area contributed by atoms with Crippen LogP contribution in [0, 0.1) is 0 Å². The number of nitrogens with zero attached hydrogens (tertiary/aromatic N) is 4. The lowest BCUT2D eigenvalue weighted by Crippen LogP contribution is -2.47. The maximum absolute atomic E-state index is 12.5. The average Bonchev–Trinajstić information content (AvgIpc) is 2.99. The number of nitrogens with one attached hydrogen (secondary N) is 1. The molecule has 132 valence electrons. The molecule has 0 spiro atoms. The molecule has 0 atom stereocenters. The molecule has 4 rings (SSSR count). The second-order valence-electron chi connectivity index (χ2n) is 6.80. The summed E-state index contributed by atoms with van der Waals surface area (Å²) in [7, 11) is 0. The smallest absolute Gasteiger partial charge is 0.317 e. The van der Waals surface area contributed by atoms with E-state index < -0.39 is 0 Å². The molecule has 0 aromatic carbocycles. The van der Waals surface area contributed by atoms with Crippen LogP contribution in [0.5, 0.6) is 5.88 Å². The predicted molar refractivity (Wildman–Crippen MR) is 92.5 cm³/mol. The summed E-state index contributed by atoms with van der Waals surface area (Å²) >= 11 is 0. The molecule has 2 aromatic rings. The van der Waals surface area contributed by atoms with E-state index in [-0.39, 0.29) is 11.9 Å². The third-order valence-electron chi connectivity index (χ3n) is 5.10. The van der Waals surface area contributed by atoms with Gasteiger partial charge in [0.25, 0.3) is 0 Å². The lowest BCUT2D eigenvalue weighted by Gasteiger charge is -2.30. The van der Waals surface area contributed by atoms with Crippen LogP contribution in [0.25, 0.3) is 5.82 Å². The second kappa shape index (κ2) is 6.74. The first-order valence-corrected chi connectivity index (χ1v) is 8.99. The molecule has 25 heavy (non-hydrogen) atoms. The van der Waals surface area contributed by atoms with Crippen molar-refractivity contribution in [3.8, 4) is 11.7 Å². The third kappa shape index (κ3) is 3.18. The fraction of sp³-hybridized carbons (Fsp3) is 0.500. The van der Waals surface area contributed by atoms with Crippen LogP contribution in [0.2, 0.25) is 0 Å². The van der Waals surface area contributed by atoms with E-state index in [9.17, 15) is 9.90 Å². The average molecular weight is 341 g/mol. The van der Waals surface area contributed by atoms with Crippen molar-refractivity contribution in [3.63, 3.8) is 0 Å². The number of hydrogen-bond acceptors (Lipinski definition) is 4. The van der Waals surface area contributed by atoms with Gasteiger partial charge in [-0.25, -0.2) is 9.78 Å². The molecule has 0 unspecified atom stereocenters. The summed E-state index contributed by atoms with van der Waals surface area (Å²) in [5.74, 6) is 0.702. The zero-order chi connectivity index (χ0) is 17.2. The summed E-state index contributed by atoms with van der Waals surface area (Å²) in [5.41, 5.74) is 1.56. The van der Waals surface area contributed by atoms with Gasteiger partial charge in [0.2, 0.25) is 5.88 Å². The van der Waals surface area contributed by atoms with Crippen LogP contribution in [-0.4, -0.2) is 43.4 Å². The van der Waals surface area contributed by atoms with E-state index in [4.69, 9.17) is 0 Å². The van der Waals surface area contributed by atoms with Crippen molar-refractivity contribution in [2.24, 2.45) is 0 Å². The van der Waals surface area contributed by atoms with Gasteiger partial charge in [-0.2, -0.15) is 9.78 Å². The fourth-order valence-corrected chi connectivity index (χ4v) is 3.70. The number of aromatic hydroxyl groups is 1. The van der Waals surface area contributed by atoms with Gasteiger partial charge in [0.05, 0.1) is 12.2 Å². The highest BCUT2D eigenvalue weighted by Crippen LogP contribution is 2.29. The summed E-state index contributed by atoms with van der Waals surface area (Å²) in [4.78, 5) is 18.6. The summed E-state index contributed by atoms with van der Waals surface area (Å²) in [6.07, 6.45) is 8.06. The number of pyridine rings is 1. The summed E-state index contributed by atoms with van der Waals surface area (Å²) in [6, 6.07) is 5.74. The molecule has 2 amide bonds. The van der Waals surface area contributed by atoms with Gasteiger partial charge in [0, 0.05) is 24.3 Å². The number of aromatic nitrogens is 3. The number of amides is 2.